The van der Waals surface area contributed by atoms with E-state index in [0.717, 1.165) is 22.1 Å². The Balaban J connectivity index is 1.71. The van der Waals surface area contributed by atoms with Crippen LogP contribution in [0, 0.1) is 6.92 Å². The SMILES string of the molecule is COc1ccc2cc(C3=CC(c4ccc(Cl)cc4Cl)(S(=O)(=O)Nc4cc(C)on4)CC(=O)C3)ccc2c1. The van der Waals surface area contributed by atoms with Gasteiger partial charge in [0.2, 0.25) is 10.0 Å². The number of hydrogen-bond donors (Lipinski definition) is 1. The average molecular weight is 557 g/mol. The summed E-state index contributed by atoms with van der Waals surface area (Å²) in [5, 5.41) is 6.12. The summed E-state index contributed by atoms with van der Waals surface area (Å²) in [6.45, 7) is 1.65. The molecule has 1 unspecified atom stereocenters. The number of hydrogen-bond acceptors (Lipinski definition) is 6. The van der Waals surface area contributed by atoms with E-state index in [2.05, 4.69) is 9.88 Å². The van der Waals surface area contributed by atoms with Gasteiger partial charge < -0.3 is 9.26 Å². The van der Waals surface area contributed by atoms with E-state index in [0.29, 0.717) is 16.4 Å². The van der Waals surface area contributed by atoms with Crippen molar-refractivity contribution in [2.75, 3.05) is 11.8 Å². The van der Waals surface area contributed by atoms with E-state index in [1.807, 2.05) is 36.4 Å². The molecule has 1 heterocycles. The van der Waals surface area contributed by atoms with Crippen molar-refractivity contribution in [1.82, 2.24) is 5.16 Å². The number of fused-ring (bicyclic) bond motifs is 1. The summed E-state index contributed by atoms with van der Waals surface area (Å²) in [5.74, 6) is 0.915. The number of allylic oxidation sites excluding steroid dienone is 1. The standard InChI is InChI=1S/C27H22Cl2N2O5S/c1-16-9-26(30-36-16)31-37(33,34)27(24-8-6-21(28)13-25(24)29)14-20(11-22(32)15-27)18-3-4-19-12-23(35-2)7-5-17(19)10-18/h3-10,12-14H,11,15H2,1-2H3,(H,30,31). The Morgan fingerprint density at radius 3 is 2.49 bits per heavy atom. The molecule has 1 aromatic heterocycles. The van der Waals surface area contributed by atoms with Crippen molar-refractivity contribution >= 4 is 61.2 Å². The number of halogens is 2. The number of anilines is 1. The second-order valence-electron chi connectivity index (χ2n) is 8.93. The second kappa shape index (κ2) is 9.52. The van der Waals surface area contributed by atoms with Crippen molar-refractivity contribution in [3.05, 3.63) is 93.7 Å². The van der Waals surface area contributed by atoms with Gasteiger partial charge in [0.1, 0.15) is 22.0 Å². The first-order chi connectivity index (χ1) is 17.6. The predicted molar refractivity (Wildman–Crippen MR) is 145 cm³/mol. The van der Waals surface area contributed by atoms with Crippen LogP contribution >= 0.6 is 23.2 Å². The van der Waals surface area contributed by atoms with Gasteiger partial charge in [0, 0.05) is 29.0 Å². The molecule has 4 aromatic rings. The molecule has 1 aliphatic carbocycles. The van der Waals surface area contributed by atoms with Crippen molar-refractivity contribution in [2.24, 2.45) is 0 Å². The molecule has 0 saturated heterocycles. The van der Waals surface area contributed by atoms with Crippen LogP contribution in [0.3, 0.4) is 0 Å². The number of rotatable bonds is 6. The van der Waals surface area contributed by atoms with Crippen LogP contribution in [0.15, 0.2) is 71.3 Å². The van der Waals surface area contributed by atoms with Crippen molar-refractivity contribution < 1.29 is 22.5 Å². The highest BCUT2D eigenvalue weighted by Crippen LogP contribution is 2.47. The highest BCUT2D eigenvalue weighted by atomic mass is 35.5. The molecule has 0 amide bonds. The highest BCUT2D eigenvalue weighted by Gasteiger charge is 2.49. The van der Waals surface area contributed by atoms with E-state index in [9.17, 15) is 13.2 Å². The lowest BCUT2D eigenvalue weighted by Crippen LogP contribution is -2.42. The highest BCUT2D eigenvalue weighted by molar-refractivity contribution is 7.93. The number of nitrogens with one attached hydrogen (secondary N) is 1. The number of ketones is 1. The fourth-order valence-electron chi connectivity index (χ4n) is 4.65. The quantitative estimate of drug-likeness (QED) is 0.289. The van der Waals surface area contributed by atoms with E-state index >= 15 is 0 Å². The number of sulfonamides is 1. The van der Waals surface area contributed by atoms with Gasteiger partial charge in [0.25, 0.3) is 0 Å². The first kappa shape index (κ1) is 25.3. The Bertz CT molecular complexity index is 1680. The molecule has 3 aromatic carbocycles. The normalized spacial score (nSPS) is 18.1. The lowest BCUT2D eigenvalue weighted by Gasteiger charge is -2.35. The third-order valence-corrected chi connectivity index (χ3v) is 8.87. The maximum absolute atomic E-state index is 14.0. The summed E-state index contributed by atoms with van der Waals surface area (Å²) in [7, 11) is -2.71. The van der Waals surface area contributed by atoms with Gasteiger partial charge in [-0.25, -0.2) is 8.42 Å². The molecule has 37 heavy (non-hydrogen) atoms. The number of methoxy groups -OCH3 is 1. The van der Waals surface area contributed by atoms with Crippen molar-refractivity contribution in [1.29, 1.82) is 0 Å². The van der Waals surface area contributed by atoms with Crippen molar-refractivity contribution in [3.63, 3.8) is 0 Å². The van der Waals surface area contributed by atoms with E-state index < -0.39 is 14.8 Å². The average Bonchev–Trinajstić information content (AvgIpc) is 3.26. The number of aromatic nitrogens is 1. The summed E-state index contributed by atoms with van der Waals surface area (Å²) in [6, 6.07) is 17.4. The Morgan fingerprint density at radius 2 is 1.78 bits per heavy atom. The van der Waals surface area contributed by atoms with Crippen LogP contribution < -0.4 is 9.46 Å². The van der Waals surface area contributed by atoms with E-state index in [1.54, 1.807) is 26.2 Å². The summed E-state index contributed by atoms with van der Waals surface area (Å²) in [4.78, 5) is 13.2. The molecule has 0 radical (unpaired) electrons. The molecule has 0 bridgehead atoms. The zero-order valence-electron chi connectivity index (χ0n) is 19.9. The van der Waals surface area contributed by atoms with Crippen LogP contribution in [-0.2, 0) is 19.6 Å². The molecule has 190 valence electrons. The van der Waals surface area contributed by atoms with Gasteiger partial charge >= 0.3 is 0 Å². The van der Waals surface area contributed by atoms with Gasteiger partial charge in [-0.15, -0.1) is 0 Å². The first-order valence-electron chi connectivity index (χ1n) is 11.3. The number of carbonyl (C=O) groups excluding carboxylic acids is 1. The van der Waals surface area contributed by atoms with Crippen LogP contribution in [0.5, 0.6) is 5.75 Å². The fraction of sp³-hybridized carbons (Fsp3) is 0.185. The van der Waals surface area contributed by atoms with Gasteiger partial charge in [-0.2, -0.15) is 0 Å². The first-order valence-corrected chi connectivity index (χ1v) is 13.6. The van der Waals surface area contributed by atoms with Crippen LogP contribution in [0.4, 0.5) is 5.82 Å². The van der Waals surface area contributed by atoms with E-state index in [1.165, 1.54) is 18.2 Å². The molecule has 0 aliphatic heterocycles. The minimum atomic E-state index is -4.31. The molecular weight excluding hydrogens is 535 g/mol. The zero-order chi connectivity index (χ0) is 26.4. The molecule has 0 saturated carbocycles. The van der Waals surface area contributed by atoms with Crippen LogP contribution in [0.1, 0.15) is 29.7 Å². The topological polar surface area (TPSA) is 98.5 Å². The fourth-order valence-corrected chi connectivity index (χ4v) is 6.96. The molecule has 7 nitrogen and oxygen atoms in total. The Kier molecular flexibility index (Phi) is 6.52. The van der Waals surface area contributed by atoms with Gasteiger partial charge in [-0.3, -0.25) is 9.52 Å². The van der Waals surface area contributed by atoms with E-state index in [-0.39, 0.29) is 35.0 Å². The zero-order valence-corrected chi connectivity index (χ0v) is 22.2. The number of carbonyl (C=O) groups is 1. The number of ether oxygens (including phenoxy) is 1. The van der Waals surface area contributed by atoms with Gasteiger partial charge in [-0.05, 0) is 64.7 Å². The second-order valence-corrected chi connectivity index (χ2v) is 11.7. The van der Waals surface area contributed by atoms with Crippen LogP contribution in [0.2, 0.25) is 10.0 Å². The largest absolute Gasteiger partial charge is 0.497 e. The number of Topliss-reactive ketones (excluding diaryl/α,β-unsaturated/α-hetero) is 1. The van der Waals surface area contributed by atoms with Crippen LogP contribution in [-0.4, -0.2) is 26.5 Å². The molecule has 1 N–H and O–H groups in total. The lowest BCUT2D eigenvalue weighted by atomic mass is 9.81. The number of aryl methyl sites for hydroxylation is 1. The summed E-state index contributed by atoms with van der Waals surface area (Å²) < 4.78 is 39.1. The maximum Gasteiger partial charge on any atom is 0.248 e. The summed E-state index contributed by atoms with van der Waals surface area (Å²) in [5.41, 5.74) is 1.54. The molecule has 10 heteroatoms. The third-order valence-electron chi connectivity index (χ3n) is 6.41. The third kappa shape index (κ3) is 4.72. The lowest BCUT2D eigenvalue weighted by molar-refractivity contribution is -0.118. The monoisotopic (exact) mass is 556 g/mol. The molecule has 0 spiro atoms. The molecule has 1 atom stereocenters. The smallest absolute Gasteiger partial charge is 0.248 e. The van der Waals surface area contributed by atoms with Crippen molar-refractivity contribution in [2.45, 2.75) is 24.5 Å². The molecule has 5 rings (SSSR count). The predicted octanol–water partition coefficient (Wildman–Crippen LogP) is 6.54. The molecule has 1 aliphatic rings. The minimum absolute atomic E-state index is 0.00888. The number of benzene rings is 3. The Hall–Kier alpha value is -3.33. The number of nitrogens with zero attached hydrogens (tertiary/aromatic N) is 1. The Labute approximate surface area is 224 Å². The van der Waals surface area contributed by atoms with Crippen LogP contribution in [0.25, 0.3) is 16.3 Å². The van der Waals surface area contributed by atoms with Gasteiger partial charge in [-0.1, -0.05) is 58.7 Å². The Morgan fingerprint density at radius 1 is 1.03 bits per heavy atom. The van der Waals surface area contributed by atoms with Gasteiger partial charge in [0.15, 0.2) is 5.82 Å². The van der Waals surface area contributed by atoms with Crippen molar-refractivity contribution in [3.8, 4) is 5.75 Å². The maximum atomic E-state index is 14.0. The summed E-state index contributed by atoms with van der Waals surface area (Å²) >= 11 is 12.7. The molecular formula is C27H22Cl2N2O5S. The summed E-state index contributed by atoms with van der Waals surface area (Å²) in [6.07, 6.45) is 1.38. The van der Waals surface area contributed by atoms with Gasteiger partial charge in [0.05, 0.1) is 7.11 Å². The minimum Gasteiger partial charge on any atom is -0.497 e. The molecule has 0 fully saturated rings. The van der Waals surface area contributed by atoms with E-state index in [4.69, 9.17) is 32.5 Å².